The molecule has 0 aromatic heterocycles. The number of aliphatic hydroxyl groups is 1. The number of benzene rings is 5. The summed E-state index contributed by atoms with van der Waals surface area (Å²) in [5.41, 5.74) is 2.39. The molecule has 2 atom stereocenters. The lowest BCUT2D eigenvalue weighted by molar-refractivity contribution is -0.129. The van der Waals surface area contributed by atoms with Gasteiger partial charge in [0.15, 0.2) is 11.6 Å². The van der Waals surface area contributed by atoms with Crippen LogP contribution in [0.4, 0.5) is 0 Å². The first kappa shape index (κ1) is 32.8. The molecule has 0 radical (unpaired) electrons. The zero-order chi connectivity index (χ0) is 33.0. The lowest BCUT2D eigenvalue weighted by Gasteiger charge is -2.30. The van der Waals surface area contributed by atoms with Gasteiger partial charge >= 0.3 is 0 Å². The molecule has 0 fully saturated rings. The number of hydrogen-bond donors (Lipinski definition) is 2. The van der Waals surface area contributed by atoms with Crippen LogP contribution >= 0.6 is 11.8 Å². The number of nitrogens with zero attached hydrogens (tertiary/aromatic N) is 1. The van der Waals surface area contributed by atoms with E-state index in [4.69, 9.17) is 19.6 Å². The number of aliphatic imine (C=N–C) groups is 1. The maximum absolute atomic E-state index is 14.6. The van der Waals surface area contributed by atoms with E-state index < -0.39 is 11.6 Å². The van der Waals surface area contributed by atoms with Gasteiger partial charge in [-0.15, -0.1) is 0 Å². The molecule has 2 N–H and O–H groups in total. The highest BCUT2D eigenvalue weighted by atomic mass is 32.2. The molecule has 0 unspecified atom stereocenters. The smallest absolute Gasteiger partial charge is 0.252 e. The van der Waals surface area contributed by atoms with Gasteiger partial charge in [-0.05, 0) is 59.2 Å². The molecule has 1 heterocycles. The first-order valence-corrected chi connectivity index (χ1v) is 16.9. The normalized spacial score (nSPS) is 17.1. The van der Waals surface area contributed by atoms with Gasteiger partial charge in [0, 0.05) is 41.3 Å². The van der Waals surface area contributed by atoms with E-state index >= 15 is 0 Å². The Labute approximate surface area is 286 Å². The van der Waals surface area contributed by atoms with E-state index in [9.17, 15) is 4.79 Å². The molecule has 1 aliphatic heterocycles. The molecule has 0 bridgehead atoms. The fraction of sp³-hybridized carbons (Fsp3) is 0.171. The van der Waals surface area contributed by atoms with E-state index in [-0.39, 0.29) is 12.5 Å². The summed E-state index contributed by atoms with van der Waals surface area (Å²) in [6, 6.07) is 45.7. The molecule has 0 saturated carbocycles. The lowest BCUT2D eigenvalue weighted by atomic mass is 9.84. The van der Waals surface area contributed by atoms with Crippen LogP contribution in [0.1, 0.15) is 41.2 Å². The van der Waals surface area contributed by atoms with E-state index in [2.05, 4.69) is 23.5 Å². The van der Waals surface area contributed by atoms with Gasteiger partial charge in [0.05, 0.1) is 6.61 Å². The van der Waals surface area contributed by atoms with E-state index in [1.807, 2.05) is 133 Å². The second-order valence-corrected chi connectivity index (χ2v) is 12.5. The summed E-state index contributed by atoms with van der Waals surface area (Å²) >= 11 is 1.67. The average Bonchev–Trinajstić information content (AvgIpc) is 3.53. The van der Waals surface area contributed by atoms with Crippen LogP contribution < -0.4 is 10.1 Å². The molecule has 7 heteroatoms. The Morgan fingerprint density at radius 2 is 1.52 bits per heavy atom. The molecule has 6 rings (SSSR count). The van der Waals surface area contributed by atoms with Gasteiger partial charge in [-0.2, -0.15) is 0 Å². The lowest BCUT2D eigenvalue weighted by Crippen LogP contribution is -2.47. The van der Waals surface area contributed by atoms with Gasteiger partial charge in [-0.25, -0.2) is 4.99 Å². The van der Waals surface area contributed by atoms with Crippen LogP contribution in [-0.2, 0) is 16.1 Å². The number of carbonyl (C=O) groups excluding carboxylic acids is 1. The van der Waals surface area contributed by atoms with E-state index in [1.54, 1.807) is 11.8 Å². The van der Waals surface area contributed by atoms with E-state index in [0.717, 1.165) is 32.0 Å². The molecule has 5 aromatic rings. The molecular formula is C41H38N2O4S. The van der Waals surface area contributed by atoms with Gasteiger partial charge in [-0.3, -0.25) is 4.79 Å². The minimum atomic E-state index is -1.28. The maximum Gasteiger partial charge on any atom is 0.252 e. The summed E-state index contributed by atoms with van der Waals surface area (Å²) < 4.78 is 12.4. The summed E-state index contributed by atoms with van der Waals surface area (Å²) in [7, 11) is 0. The van der Waals surface area contributed by atoms with Crippen molar-refractivity contribution in [3.63, 3.8) is 0 Å². The second kappa shape index (κ2) is 16.1. The average molecular weight is 655 g/mol. The quantitative estimate of drug-likeness (QED) is 0.118. The number of rotatable bonds is 14. The first-order valence-electron chi connectivity index (χ1n) is 16.1. The highest BCUT2D eigenvalue weighted by Gasteiger charge is 2.52. The summed E-state index contributed by atoms with van der Waals surface area (Å²) in [5, 5.41) is 12.3. The molecule has 6 nitrogen and oxygen atoms in total. The number of ether oxygens (including phenoxy) is 2. The summed E-state index contributed by atoms with van der Waals surface area (Å²) in [6.07, 6.45) is 4.25. The molecule has 0 spiro atoms. The van der Waals surface area contributed by atoms with Crippen LogP contribution in [0.15, 0.2) is 160 Å². The highest BCUT2D eigenvalue weighted by molar-refractivity contribution is 7.99. The molecule has 242 valence electrons. The van der Waals surface area contributed by atoms with Gasteiger partial charge in [0.1, 0.15) is 5.75 Å². The van der Waals surface area contributed by atoms with Crippen molar-refractivity contribution >= 4 is 29.6 Å². The van der Waals surface area contributed by atoms with Gasteiger partial charge in [0.25, 0.3) is 5.91 Å². The zero-order valence-corrected chi connectivity index (χ0v) is 27.4. The second-order valence-electron chi connectivity index (χ2n) is 11.4. The molecule has 0 saturated heterocycles. The van der Waals surface area contributed by atoms with E-state index in [0.29, 0.717) is 37.6 Å². The Bertz CT molecular complexity index is 1830. The Balaban J connectivity index is 1.33. The topological polar surface area (TPSA) is 80.2 Å². The number of amides is 1. The SMILES string of the molecule is O=C(NCc1ccccc1Sc1ccccc1)[C@]1(C/C=C/c2ccccc2)N=C(c2ccc(OCCCO)cc2)O[C@@H]1c1ccccc1. The minimum Gasteiger partial charge on any atom is -0.494 e. The van der Waals surface area contributed by atoms with Crippen LogP contribution in [0.25, 0.3) is 6.08 Å². The fourth-order valence-corrected chi connectivity index (χ4v) is 6.54. The van der Waals surface area contributed by atoms with Crippen molar-refractivity contribution in [2.24, 2.45) is 4.99 Å². The summed E-state index contributed by atoms with van der Waals surface area (Å²) in [6.45, 7) is 0.836. The van der Waals surface area contributed by atoms with Crippen LogP contribution in [0.2, 0.25) is 0 Å². The molecule has 5 aromatic carbocycles. The predicted molar refractivity (Wildman–Crippen MR) is 192 cm³/mol. The van der Waals surface area contributed by atoms with Crippen molar-refractivity contribution in [2.45, 2.75) is 40.8 Å². The first-order chi connectivity index (χ1) is 23.6. The third-order valence-corrected chi connectivity index (χ3v) is 9.18. The van der Waals surface area contributed by atoms with Crippen LogP contribution in [0, 0.1) is 0 Å². The summed E-state index contributed by atoms with van der Waals surface area (Å²) in [5.74, 6) is 0.869. The number of nitrogens with one attached hydrogen (secondary N) is 1. The van der Waals surface area contributed by atoms with Crippen molar-refractivity contribution in [3.05, 3.63) is 168 Å². The van der Waals surface area contributed by atoms with Gasteiger partial charge in [0.2, 0.25) is 5.90 Å². The van der Waals surface area contributed by atoms with Crippen molar-refractivity contribution in [1.29, 1.82) is 0 Å². The Kier molecular flexibility index (Phi) is 11.0. The number of carbonyl (C=O) groups is 1. The molecular weight excluding hydrogens is 617 g/mol. The van der Waals surface area contributed by atoms with Crippen molar-refractivity contribution in [3.8, 4) is 5.75 Å². The number of hydrogen-bond acceptors (Lipinski definition) is 6. The Hall–Kier alpha value is -5.11. The third-order valence-electron chi connectivity index (χ3n) is 8.05. The molecule has 1 amide bonds. The van der Waals surface area contributed by atoms with Crippen molar-refractivity contribution < 1.29 is 19.4 Å². The minimum absolute atomic E-state index is 0.0733. The van der Waals surface area contributed by atoms with Gasteiger partial charge in [-0.1, -0.05) is 121 Å². The Morgan fingerprint density at radius 3 is 2.25 bits per heavy atom. The summed E-state index contributed by atoms with van der Waals surface area (Å²) in [4.78, 5) is 22.0. The van der Waals surface area contributed by atoms with Crippen LogP contribution in [-0.4, -0.2) is 35.7 Å². The monoisotopic (exact) mass is 654 g/mol. The highest BCUT2D eigenvalue weighted by Crippen LogP contribution is 2.43. The van der Waals surface area contributed by atoms with Crippen LogP contribution in [0.3, 0.4) is 0 Å². The molecule has 1 aliphatic rings. The third kappa shape index (κ3) is 8.05. The Morgan fingerprint density at radius 1 is 0.854 bits per heavy atom. The maximum atomic E-state index is 14.6. The molecule has 48 heavy (non-hydrogen) atoms. The van der Waals surface area contributed by atoms with Gasteiger partial charge < -0.3 is 19.9 Å². The van der Waals surface area contributed by atoms with Crippen molar-refractivity contribution in [2.75, 3.05) is 13.2 Å². The predicted octanol–water partition coefficient (Wildman–Crippen LogP) is 8.28. The zero-order valence-electron chi connectivity index (χ0n) is 26.6. The fourth-order valence-electron chi connectivity index (χ4n) is 5.58. The van der Waals surface area contributed by atoms with Crippen molar-refractivity contribution in [1.82, 2.24) is 5.32 Å². The largest absolute Gasteiger partial charge is 0.494 e. The van der Waals surface area contributed by atoms with E-state index in [1.165, 1.54) is 0 Å². The van der Waals surface area contributed by atoms with Crippen LogP contribution in [0.5, 0.6) is 5.75 Å². The number of aliphatic hydroxyl groups excluding tert-OH is 1. The standard InChI is InChI=1S/C41H38N2O4S/c44-28-13-29-46-35-25-23-33(24-26-35)39-43-41(27-12-16-31-14-4-1-5-15-31,38(47-39)32-17-6-2-7-18-32)40(45)42-30-34-19-10-11-22-37(34)48-36-20-8-3-9-21-36/h1-12,14-26,38,44H,13,27-30H2,(H,42,45)/b16-12+/t38-,41-/m1/s1. The molecule has 0 aliphatic carbocycles.